The van der Waals surface area contributed by atoms with Crippen LogP contribution in [0.4, 0.5) is 13.2 Å². The van der Waals surface area contributed by atoms with Crippen LogP contribution in [0.1, 0.15) is 5.82 Å². The van der Waals surface area contributed by atoms with Crippen LogP contribution in [0.5, 0.6) is 5.88 Å². The zero-order valence-corrected chi connectivity index (χ0v) is 11.3. The number of amides is 1. The largest absolute Gasteiger partial charge is 0.467 e. The highest BCUT2D eigenvalue weighted by molar-refractivity contribution is 5.77. The molecule has 0 fully saturated rings. The minimum Gasteiger partial charge on any atom is -0.467 e. The summed E-state index contributed by atoms with van der Waals surface area (Å²) < 4.78 is 46.2. The van der Waals surface area contributed by atoms with Crippen molar-refractivity contribution in [1.82, 2.24) is 20.4 Å². The van der Waals surface area contributed by atoms with Gasteiger partial charge in [-0.15, -0.1) is 0 Å². The number of aromatic nitrogens is 3. The molecule has 0 aliphatic carbocycles. The number of pyridine rings is 1. The molecule has 0 bridgehead atoms. The Kier molecular flexibility index (Phi) is 4.59. The van der Waals surface area contributed by atoms with Gasteiger partial charge in [-0.1, -0.05) is 5.16 Å². The predicted octanol–water partition coefficient (Wildman–Crippen LogP) is 1.36. The van der Waals surface area contributed by atoms with E-state index >= 15 is 0 Å². The molecule has 0 unspecified atom stereocenters. The summed E-state index contributed by atoms with van der Waals surface area (Å²) in [5.41, 5.74) is 0.113. The van der Waals surface area contributed by atoms with Crippen LogP contribution < -0.4 is 10.1 Å². The number of rotatable bonds is 5. The molecule has 0 aliphatic rings. The van der Waals surface area contributed by atoms with E-state index in [1.165, 1.54) is 25.4 Å². The quantitative estimate of drug-likeness (QED) is 0.896. The Labute approximate surface area is 122 Å². The summed E-state index contributed by atoms with van der Waals surface area (Å²) in [6, 6.07) is 2.91. The molecule has 22 heavy (non-hydrogen) atoms. The van der Waals surface area contributed by atoms with Crippen molar-refractivity contribution < 1.29 is 27.2 Å². The minimum atomic E-state index is -4.49. The topological polar surface area (TPSA) is 90.1 Å². The fourth-order valence-corrected chi connectivity index (χ4v) is 1.49. The van der Waals surface area contributed by atoms with Crippen molar-refractivity contribution in [2.45, 2.75) is 12.6 Å². The molecule has 2 aromatic rings. The first-order valence-electron chi connectivity index (χ1n) is 6.07. The van der Waals surface area contributed by atoms with E-state index in [1.54, 1.807) is 0 Å². The molecule has 0 saturated heterocycles. The Balaban J connectivity index is 2.20. The van der Waals surface area contributed by atoms with Crippen molar-refractivity contribution in [3.05, 3.63) is 24.2 Å². The average Bonchev–Trinajstić information content (AvgIpc) is 2.93. The lowest BCUT2D eigenvalue weighted by Crippen LogP contribution is -2.20. The van der Waals surface area contributed by atoms with Gasteiger partial charge in [-0.2, -0.15) is 18.2 Å². The predicted molar refractivity (Wildman–Crippen MR) is 66.8 cm³/mol. The number of ether oxygens (including phenoxy) is 1. The molecule has 10 heteroatoms. The Morgan fingerprint density at radius 1 is 1.45 bits per heavy atom. The Morgan fingerprint density at radius 2 is 2.23 bits per heavy atom. The highest BCUT2D eigenvalue weighted by Crippen LogP contribution is 2.27. The van der Waals surface area contributed by atoms with Crippen LogP contribution in [0.2, 0.25) is 0 Å². The third kappa shape index (κ3) is 4.17. The summed E-state index contributed by atoms with van der Waals surface area (Å²) >= 11 is 0. The first-order valence-corrected chi connectivity index (χ1v) is 6.07. The van der Waals surface area contributed by atoms with Crippen molar-refractivity contribution in [2.75, 3.05) is 13.7 Å². The van der Waals surface area contributed by atoms with Gasteiger partial charge in [0.1, 0.15) is 5.56 Å². The molecule has 0 atom stereocenters. The Hall–Kier alpha value is -2.65. The summed E-state index contributed by atoms with van der Waals surface area (Å²) in [4.78, 5) is 18.9. The number of nitrogens with zero attached hydrogens (tertiary/aromatic N) is 3. The van der Waals surface area contributed by atoms with Crippen LogP contribution in [-0.4, -0.2) is 40.9 Å². The van der Waals surface area contributed by atoms with Crippen molar-refractivity contribution in [2.24, 2.45) is 0 Å². The average molecular weight is 316 g/mol. The van der Waals surface area contributed by atoms with Crippen molar-refractivity contribution in [3.63, 3.8) is 0 Å². The molecule has 0 spiro atoms. The summed E-state index contributed by atoms with van der Waals surface area (Å²) in [7, 11) is 1.45. The molecule has 118 valence electrons. The number of likely N-dealkylation sites (N-methyl/N-ethyl adjacent to an activating group) is 1. The van der Waals surface area contributed by atoms with Crippen LogP contribution in [0, 0.1) is 0 Å². The second kappa shape index (κ2) is 6.41. The highest BCUT2D eigenvalue weighted by atomic mass is 19.4. The normalized spacial score (nSPS) is 11.3. The number of carbonyl (C=O) groups is 1. The van der Waals surface area contributed by atoms with E-state index in [0.717, 1.165) is 0 Å². The van der Waals surface area contributed by atoms with E-state index in [2.05, 4.69) is 25.2 Å². The van der Waals surface area contributed by atoms with E-state index < -0.39 is 12.8 Å². The highest BCUT2D eigenvalue weighted by Gasteiger charge is 2.29. The fourth-order valence-electron chi connectivity index (χ4n) is 1.49. The first-order chi connectivity index (χ1) is 10.4. The van der Waals surface area contributed by atoms with E-state index in [1.807, 2.05) is 0 Å². The fraction of sp³-hybridized carbons (Fsp3) is 0.333. The van der Waals surface area contributed by atoms with Crippen molar-refractivity contribution in [3.8, 4) is 17.3 Å². The maximum atomic E-state index is 12.2. The molecule has 2 rings (SSSR count). The Morgan fingerprint density at radius 3 is 2.91 bits per heavy atom. The maximum Gasteiger partial charge on any atom is 0.422 e. The summed E-state index contributed by atoms with van der Waals surface area (Å²) in [6.07, 6.45) is -3.33. The lowest BCUT2D eigenvalue weighted by Gasteiger charge is -2.09. The van der Waals surface area contributed by atoms with Gasteiger partial charge in [0.2, 0.25) is 11.8 Å². The first kappa shape index (κ1) is 15.7. The van der Waals surface area contributed by atoms with Crippen LogP contribution in [0.3, 0.4) is 0 Å². The maximum absolute atomic E-state index is 12.2. The number of carbonyl (C=O) groups excluding carboxylic acids is 1. The summed E-state index contributed by atoms with van der Waals surface area (Å²) in [5.74, 6) is -0.591. The van der Waals surface area contributed by atoms with Gasteiger partial charge in [0, 0.05) is 13.2 Å². The SMILES string of the molecule is CNC(=O)Cc1noc(-c2cccnc2OCC(F)(F)F)n1. The zero-order chi connectivity index (χ0) is 16.2. The van der Waals surface area contributed by atoms with Crippen molar-refractivity contribution in [1.29, 1.82) is 0 Å². The van der Waals surface area contributed by atoms with Crippen LogP contribution in [0.15, 0.2) is 22.9 Å². The van der Waals surface area contributed by atoms with Crippen LogP contribution in [-0.2, 0) is 11.2 Å². The molecule has 0 radical (unpaired) electrons. The standard InChI is InChI=1S/C12H11F3N4O3/c1-16-9(20)5-8-18-11(22-19-8)7-3-2-4-17-10(7)21-6-12(13,14)15/h2-4H,5-6H2,1H3,(H,16,20). The monoisotopic (exact) mass is 316 g/mol. The van der Waals surface area contributed by atoms with E-state index in [4.69, 9.17) is 4.52 Å². The molecule has 0 aliphatic heterocycles. The molecule has 0 saturated carbocycles. The van der Waals surface area contributed by atoms with Gasteiger partial charge in [-0.05, 0) is 12.1 Å². The second-order valence-electron chi connectivity index (χ2n) is 4.13. The van der Waals surface area contributed by atoms with E-state index in [-0.39, 0.29) is 35.5 Å². The molecule has 2 heterocycles. The lowest BCUT2D eigenvalue weighted by molar-refractivity contribution is -0.154. The van der Waals surface area contributed by atoms with E-state index in [0.29, 0.717) is 0 Å². The minimum absolute atomic E-state index is 0.0795. The zero-order valence-electron chi connectivity index (χ0n) is 11.3. The number of nitrogens with one attached hydrogen (secondary N) is 1. The molecule has 7 nitrogen and oxygen atoms in total. The van der Waals surface area contributed by atoms with Gasteiger partial charge in [0.05, 0.1) is 6.42 Å². The molecular weight excluding hydrogens is 305 g/mol. The number of hydrogen-bond donors (Lipinski definition) is 1. The third-order valence-corrected chi connectivity index (χ3v) is 2.44. The van der Waals surface area contributed by atoms with Gasteiger partial charge < -0.3 is 14.6 Å². The summed E-state index contributed by atoms with van der Waals surface area (Å²) in [6.45, 7) is -1.49. The lowest BCUT2D eigenvalue weighted by atomic mass is 10.2. The van der Waals surface area contributed by atoms with Gasteiger partial charge >= 0.3 is 6.18 Å². The molecule has 1 amide bonds. The van der Waals surface area contributed by atoms with Gasteiger partial charge in [0.15, 0.2) is 12.4 Å². The third-order valence-electron chi connectivity index (χ3n) is 2.44. The molecular formula is C12H11F3N4O3. The van der Waals surface area contributed by atoms with Gasteiger partial charge in [0.25, 0.3) is 5.89 Å². The van der Waals surface area contributed by atoms with Crippen molar-refractivity contribution >= 4 is 5.91 Å². The van der Waals surface area contributed by atoms with E-state index in [9.17, 15) is 18.0 Å². The van der Waals surface area contributed by atoms with Gasteiger partial charge in [-0.3, -0.25) is 4.79 Å². The van der Waals surface area contributed by atoms with Crippen LogP contribution >= 0.6 is 0 Å². The molecule has 1 N–H and O–H groups in total. The van der Waals surface area contributed by atoms with Crippen LogP contribution in [0.25, 0.3) is 11.5 Å². The summed E-state index contributed by atoms with van der Waals surface area (Å²) in [5, 5.41) is 5.97. The second-order valence-corrected chi connectivity index (χ2v) is 4.13. The number of halogens is 3. The number of alkyl halides is 3. The number of hydrogen-bond acceptors (Lipinski definition) is 6. The smallest absolute Gasteiger partial charge is 0.422 e. The Bertz CT molecular complexity index is 657. The molecule has 2 aromatic heterocycles. The molecule has 0 aromatic carbocycles. The van der Waals surface area contributed by atoms with Gasteiger partial charge in [-0.25, -0.2) is 4.98 Å².